The highest BCUT2D eigenvalue weighted by Gasteiger charge is 2.34. The van der Waals surface area contributed by atoms with Crippen molar-refractivity contribution in [3.8, 4) is 0 Å². The molecule has 0 amide bonds. The van der Waals surface area contributed by atoms with Gasteiger partial charge in [0.2, 0.25) is 0 Å². The van der Waals surface area contributed by atoms with Crippen LogP contribution in [-0.4, -0.2) is 16.7 Å². The van der Waals surface area contributed by atoms with E-state index >= 15 is 0 Å². The minimum atomic E-state index is -0.389. The van der Waals surface area contributed by atoms with Crippen molar-refractivity contribution >= 4 is 11.6 Å². The van der Waals surface area contributed by atoms with Crippen LogP contribution in [0.15, 0.2) is 36.4 Å². The van der Waals surface area contributed by atoms with E-state index in [4.69, 9.17) is 0 Å². The Morgan fingerprint density at radius 3 is 2.61 bits per heavy atom. The van der Waals surface area contributed by atoms with Gasteiger partial charge in [0.15, 0.2) is 0 Å². The third-order valence-electron chi connectivity index (χ3n) is 5.89. The highest BCUT2D eigenvalue weighted by atomic mass is 16.3. The van der Waals surface area contributed by atoms with Crippen LogP contribution in [0.5, 0.6) is 0 Å². The van der Waals surface area contributed by atoms with Gasteiger partial charge in [-0.2, -0.15) is 0 Å². The van der Waals surface area contributed by atoms with Crippen LogP contribution in [0.25, 0.3) is 0 Å². The first kappa shape index (κ1) is 22.5. The molecule has 1 aromatic carbocycles. The maximum atomic E-state index is 12.4. The van der Waals surface area contributed by atoms with Crippen molar-refractivity contribution < 1.29 is 14.7 Å². The molecule has 1 fully saturated rings. The molecule has 1 aliphatic rings. The predicted molar refractivity (Wildman–Crippen MR) is 114 cm³/mol. The van der Waals surface area contributed by atoms with Crippen LogP contribution in [0.2, 0.25) is 0 Å². The number of hydrogen-bond donors (Lipinski definition) is 1. The summed E-state index contributed by atoms with van der Waals surface area (Å²) in [5.74, 6) is 0.936. The van der Waals surface area contributed by atoms with E-state index in [-0.39, 0.29) is 23.7 Å². The second-order valence-electron chi connectivity index (χ2n) is 8.20. The minimum Gasteiger partial charge on any atom is -0.388 e. The summed E-state index contributed by atoms with van der Waals surface area (Å²) in [6.45, 7) is 3.79. The van der Waals surface area contributed by atoms with Gasteiger partial charge in [-0.3, -0.25) is 4.79 Å². The van der Waals surface area contributed by atoms with E-state index in [9.17, 15) is 14.7 Å². The fraction of sp³-hybridized carbons (Fsp3) is 0.600. The number of rotatable bonds is 12. The Morgan fingerprint density at radius 2 is 1.93 bits per heavy atom. The maximum Gasteiger partial charge on any atom is 0.136 e. The van der Waals surface area contributed by atoms with Gasteiger partial charge in [-0.05, 0) is 56.1 Å². The summed E-state index contributed by atoms with van der Waals surface area (Å²) in [6.07, 6.45) is 12.8. The second kappa shape index (κ2) is 12.0. The Hall–Kier alpha value is -1.74. The van der Waals surface area contributed by atoms with Crippen molar-refractivity contribution in [2.45, 2.75) is 90.1 Å². The van der Waals surface area contributed by atoms with E-state index in [2.05, 4.69) is 31.2 Å². The molecular formula is C25H36O3. The van der Waals surface area contributed by atoms with Crippen LogP contribution < -0.4 is 0 Å². The average molecular weight is 385 g/mol. The van der Waals surface area contributed by atoms with Crippen LogP contribution in [0, 0.1) is 5.92 Å². The molecule has 3 atom stereocenters. The van der Waals surface area contributed by atoms with Crippen molar-refractivity contribution in [3.63, 3.8) is 0 Å². The van der Waals surface area contributed by atoms with Gasteiger partial charge in [0.1, 0.15) is 11.6 Å². The van der Waals surface area contributed by atoms with Crippen LogP contribution in [0.4, 0.5) is 0 Å². The number of benzene rings is 1. The number of unbranched alkanes of at least 4 members (excludes halogenated alkanes) is 3. The van der Waals surface area contributed by atoms with Crippen molar-refractivity contribution in [2.24, 2.45) is 5.92 Å². The molecule has 1 N–H and O–H groups in total. The fourth-order valence-electron chi connectivity index (χ4n) is 4.15. The summed E-state index contributed by atoms with van der Waals surface area (Å²) in [5, 5.41) is 10.3. The number of allylic oxidation sites excluding steroid dienone is 2. The molecule has 1 aliphatic carbocycles. The van der Waals surface area contributed by atoms with Gasteiger partial charge < -0.3 is 9.90 Å². The highest BCUT2D eigenvalue weighted by Crippen LogP contribution is 2.40. The molecule has 1 aromatic rings. The Balaban J connectivity index is 1.90. The number of Topliss-reactive ketones (excluding diaryl/α,β-unsaturated/α-hetero) is 2. The molecule has 0 radical (unpaired) electrons. The number of carbonyl (C=O) groups excluding carboxylic acids is 2. The number of aliphatic hydroxyl groups excluding tert-OH is 1. The zero-order chi connectivity index (χ0) is 20.4. The Kier molecular flexibility index (Phi) is 9.63. The van der Waals surface area contributed by atoms with E-state index in [1.54, 1.807) is 6.92 Å². The van der Waals surface area contributed by atoms with Crippen molar-refractivity contribution in [1.82, 2.24) is 0 Å². The molecule has 0 heterocycles. The number of carbonyl (C=O) groups is 2. The fourth-order valence-corrected chi connectivity index (χ4v) is 4.15. The topological polar surface area (TPSA) is 54.4 Å². The van der Waals surface area contributed by atoms with Gasteiger partial charge in [-0.15, -0.1) is 0 Å². The van der Waals surface area contributed by atoms with Crippen LogP contribution in [-0.2, 0) is 9.59 Å². The molecule has 1 unspecified atom stereocenters. The van der Waals surface area contributed by atoms with Crippen LogP contribution >= 0.6 is 0 Å². The molecule has 154 valence electrons. The molecular weight excluding hydrogens is 348 g/mol. The Labute approximate surface area is 170 Å². The van der Waals surface area contributed by atoms with Crippen molar-refractivity contribution in [1.29, 1.82) is 0 Å². The Bertz CT molecular complexity index is 644. The van der Waals surface area contributed by atoms with E-state index in [1.165, 1.54) is 5.56 Å². The first-order valence-corrected chi connectivity index (χ1v) is 11.0. The largest absolute Gasteiger partial charge is 0.388 e. The highest BCUT2D eigenvalue weighted by molar-refractivity contribution is 5.84. The zero-order valence-electron chi connectivity index (χ0n) is 17.5. The first-order chi connectivity index (χ1) is 13.5. The molecule has 0 saturated heterocycles. The molecule has 0 spiro atoms. The second-order valence-corrected chi connectivity index (χ2v) is 8.20. The predicted octanol–water partition coefficient (Wildman–Crippen LogP) is 6.07. The van der Waals surface area contributed by atoms with E-state index in [1.807, 2.05) is 12.1 Å². The van der Waals surface area contributed by atoms with Crippen molar-refractivity contribution in [2.75, 3.05) is 0 Å². The van der Waals surface area contributed by atoms with E-state index < -0.39 is 0 Å². The van der Waals surface area contributed by atoms with Crippen LogP contribution in [0.1, 0.15) is 101 Å². The minimum absolute atomic E-state index is 0.0596. The van der Waals surface area contributed by atoms with Gasteiger partial charge in [-0.25, -0.2) is 0 Å². The molecule has 0 aliphatic heterocycles. The SMILES string of the molecule is CCCCCC(O)c1ccc([C@H]2CCC(=O)[C@@H]2CC=CCCCC(C)=O)cc1. The summed E-state index contributed by atoms with van der Waals surface area (Å²) in [5.41, 5.74) is 2.19. The lowest BCUT2D eigenvalue weighted by Crippen LogP contribution is -2.12. The quantitative estimate of drug-likeness (QED) is 0.351. The van der Waals surface area contributed by atoms with Gasteiger partial charge in [-0.1, -0.05) is 62.6 Å². The third kappa shape index (κ3) is 7.01. The van der Waals surface area contributed by atoms with Gasteiger partial charge in [0, 0.05) is 18.8 Å². The van der Waals surface area contributed by atoms with E-state index in [0.29, 0.717) is 18.6 Å². The average Bonchev–Trinajstić information content (AvgIpc) is 3.05. The monoisotopic (exact) mass is 384 g/mol. The normalized spacial score (nSPS) is 20.8. The maximum absolute atomic E-state index is 12.4. The molecule has 1 saturated carbocycles. The third-order valence-corrected chi connectivity index (χ3v) is 5.89. The molecule has 2 rings (SSSR count). The summed E-state index contributed by atoms with van der Waals surface area (Å²) in [7, 11) is 0. The standard InChI is InChI=1S/C25H36O3/c1-3-4-7-12-24(27)21-15-13-20(14-16-21)22-17-18-25(28)23(22)11-9-6-5-8-10-19(2)26/h6,9,13-16,22-24,27H,3-5,7-8,10-12,17-18H2,1-2H3/t22-,23-,24?/m1/s1. The first-order valence-electron chi connectivity index (χ1n) is 11.0. The van der Waals surface area contributed by atoms with Crippen LogP contribution in [0.3, 0.4) is 0 Å². The lowest BCUT2D eigenvalue weighted by molar-refractivity contribution is -0.120. The number of ketones is 2. The van der Waals surface area contributed by atoms with Gasteiger partial charge in [0.05, 0.1) is 6.10 Å². The summed E-state index contributed by atoms with van der Waals surface area (Å²) >= 11 is 0. The molecule has 3 nitrogen and oxygen atoms in total. The molecule has 3 heteroatoms. The number of hydrogen-bond acceptors (Lipinski definition) is 3. The van der Waals surface area contributed by atoms with Crippen molar-refractivity contribution in [3.05, 3.63) is 47.5 Å². The van der Waals surface area contributed by atoms with E-state index in [0.717, 1.165) is 56.9 Å². The lowest BCUT2D eigenvalue weighted by atomic mass is 9.85. The molecule has 0 bridgehead atoms. The summed E-state index contributed by atoms with van der Waals surface area (Å²) in [4.78, 5) is 23.3. The summed E-state index contributed by atoms with van der Waals surface area (Å²) in [6, 6.07) is 8.27. The molecule has 0 aromatic heterocycles. The summed E-state index contributed by atoms with van der Waals surface area (Å²) < 4.78 is 0. The zero-order valence-corrected chi connectivity index (χ0v) is 17.5. The number of aliphatic hydroxyl groups is 1. The molecule has 28 heavy (non-hydrogen) atoms. The smallest absolute Gasteiger partial charge is 0.136 e. The van der Waals surface area contributed by atoms with Gasteiger partial charge >= 0.3 is 0 Å². The Morgan fingerprint density at radius 1 is 1.18 bits per heavy atom. The lowest BCUT2D eigenvalue weighted by Gasteiger charge is -2.19. The van der Waals surface area contributed by atoms with Gasteiger partial charge in [0.25, 0.3) is 0 Å².